The molecule has 2 aromatic rings. The van der Waals surface area contributed by atoms with Crippen LogP contribution in [0.3, 0.4) is 0 Å². The van der Waals surface area contributed by atoms with Gasteiger partial charge in [-0.15, -0.1) is 0 Å². The van der Waals surface area contributed by atoms with Gasteiger partial charge >= 0.3 is 0 Å². The summed E-state index contributed by atoms with van der Waals surface area (Å²) in [6.45, 7) is 0. The van der Waals surface area contributed by atoms with Gasteiger partial charge in [-0.25, -0.2) is 4.98 Å². The Hall–Kier alpha value is -1.32. The zero-order chi connectivity index (χ0) is 17.0. The van der Waals surface area contributed by atoms with Crippen LogP contribution >= 0.6 is 11.6 Å². The van der Waals surface area contributed by atoms with Crippen molar-refractivity contribution < 1.29 is 5.11 Å². The smallest absolute Gasteiger partial charge is 0.0952 e. The molecular formula is C21H25ClN2O. The fourth-order valence-corrected chi connectivity index (χ4v) is 6.76. The minimum Gasteiger partial charge on any atom is -0.390 e. The first-order valence-electron chi connectivity index (χ1n) is 9.54. The third kappa shape index (κ3) is 2.55. The summed E-state index contributed by atoms with van der Waals surface area (Å²) in [4.78, 5) is 4.24. The summed E-state index contributed by atoms with van der Waals surface area (Å²) in [5.74, 6) is 2.45. The molecule has 0 spiro atoms. The molecule has 1 N–H and O–H groups in total. The number of halogens is 1. The second-order valence-corrected chi connectivity index (χ2v) is 9.11. The number of nitrogens with zero attached hydrogens (tertiary/aromatic N) is 2. The van der Waals surface area contributed by atoms with E-state index in [4.69, 9.17) is 11.6 Å². The van der Waals surface area contributed by atoms with Gasteiger partial charge in [0, 0.05) is 17.4 Å². The minimum atomic E-state index is -0.421. The first-order chi connectivity index (χ1) is 12.1. The van der Waals surface area contributed by atoms with E-state index >= 15 is 0 Å². The van der Waals surface area contributed by atoms with Gasteiger partial charge in [0.25, 0.3) is 0 Å². The molecule has 2 unspecified atom stereocenters. The number of rotatable bonds is 4. The molecule has 25 heavy (non-hydrogen) atoms. The van der Waals surface area contributed by atoms with Gasteiger partial charge in [-0.3, -0.25) is 0 Å². The molecule has 4 fully saturated rings. The van der Waals surface area contributed by atoms with Crippen molar-refractivity contribution in [3.63, 3.8) is 0 Å². The maximum atomic E-state index is 11.7. The van der Waals surface area contributed by atoms with E-state index in [0.717, 1.165) is 28.3 Å². The summed E-state index contributed by atoms with van der Waals surface area (Å²) < 4.78 is 2.05. The largest absolute Gasteiger partial charge is 0.390 e. The molecule has 4 bridgehead atoms. The van der Waals surface area contributed by atoms with E-state index in [1.165, 1.54) is 38.5 Å². The lowest BCUT2D eigenvalue weighted by Crippen LogP contribution is -2.54. The van der Waals surface area contributed by atoms with Gasteiger partial charge in [-0.1, -0.05) is 29.8 Å². The molecule has 4 aliphatic rings. The van der Waals surface area contributed by atoms with E-state index in [1.54, 1.807) is 6.20 Å². The Bertz CT molecular complexity index is 722. The highest BCUT2D eigenvalue weighted by atomic mass is 35.5. The van der Waals surface area contributed by atoms with Crippen LogP contribution in [0.15, 0.2) is 43.0 Å². The lowest BCUT2D eigenvalue weighted by atomic mass is 9.47. The van der Waals surface area contributed by atoms with Crippen LogP contribution < -0.4 is 0 Å². The van der Waals surface area contributed by atoms with Gasteiger partial charge < -0.3 is 9.67 Å². The van der Waals surface area contributed by atoms with Crippen LogP contribution in [0.25, 0.3) is 0 Å². The molecule has 1 aromatic carbocycles. The zero-order valence-corrected chi connectivity index (χ0v) is 15.1. The number of hydrogen-bond acceptors (Lipinski definition) is 2. The molecule has 1 heterocycles. The summed E-state index contributed by atoms with van der Waals surface area (Å²) >= 11 is 6.54. The van der Waals surface area contributed by atoms with Crippen molar-refractivity contribution in [3.05, 3.63) is 53.6 Å². The first-order valence-corrected chi connectivity index (χ1v) is 9.92. The highest BCUT2D eigenvalue weighted by molar-refractivity contribution is 6.31. The Balaban J connectivity index is 1.57. The summed E-state index contributed by atoms with van der Waals surface area (Å²) in [5.41, 5.74) is 1.05. The molecule has 0 saturated heterocycles. The molecule has 2 atom stereocenters. The van der Waals surface area contributed by atoms with Crippen LogP contribution in [0, 0.1) is 23.2 Å². The second-order valence-electron chi connectivity index (χ2n) is 8.70. The van der Waals surface area contributed by atoms with Crippen LogP contribution in [0.4, 0.5) is 0 Å². The number of aliphatic hydroxyl groups is 1. The van der Waals surface area contributed by atoms with Crippen LogP contribution in [0.5, 0.6) is 0 Å². The van der Waals surface area contributed by atoms with Crippen LogP contribution in [0.1, 0.15) is 50.1 Å². The molecule has 0 amide bonds. The summed E-state index contributed by atoms with van der Waals surface area (Å²) in [7, 11) is 0. The molecule has 4 saturated carbocycles. The third-order valence-corrected chi connectivity index (χ3v) is 7.43. The summed E-state index contributed by atoms with van der Waals surface area (Å²) in [6, 6.07) is 7.78. The van der Waals surface area contributed by atoms with Crippen molar-refractivity contribution in [3.8, 4) is 0 Å². The number of aliphatic hydroxyl groups excluding tert-OH is 1. The normalized spacial score (nSPS) is 35.7. The molecular weight excluding hydrogens is 332 g/mol. The highest BCUT2D eigenvalue weighted by Gasteiger charge is 2.55. The summed E-state index contributed by atoms with van der Waals surface area (Å²) in [5, 5.41) is 12.4. The predicted octanol–water partition coefficient (Wildman–Crippen LogP) is 4.70. The Morgan fingerprint density at radius 3 is 2.28 bits per heavy atom. The number of hydrogen-bond donors (Lipinski definition) is 1. The van der Waals surface area contributed by atoms with Crippen molar-refractivity contribution in [1.29, 1.82) is 0 Å². The summed E-state index contributed by atoms with van der Waals surface area (Å²) in [6.07, 6.45) is 12.8. The lowest BCUT2D eigenvalue weighted by molar-refractivity contribution is -0.130. The molecule has 4 heteroatoms. The van der Waals surface area contributed by atoms with Crippen molar-refractivity contribution in [2.75, 3.05) is 0 Å². The van der Waals surface area contributed by atoms with Crippen molar-refractivity contribution in [2.24, 2.45) is 23.2 Å². The quantitative estimate of drug-likeness (QED) is 0.862. The van der Waals surface area contributed by atoms with Gasteiger partial charge in [-0.05, 0) is 73.3 Å². The van der Waals surface area contributed by atoms with Crippen LogP contribution in [0.2, 0.25) is 5.02 Å². The number of imidazole rings is 1. The van der Waals surface area contributed by atoms with Crippen LogP contribution in [-0.2, 0) is 0 Å². The van der Waals surface area contributed by atoms with Gasteiger partial charge in [0.1, 0.15) is 0 Å². The van der Waals surface area contributed by atoms with Crippen molar-refractivity contribution >= 4 is 11.6 Å². The first kappa shape index (κ1) is 15.9. The van der Waals surface area contributed by atoms with Crippen molar-refractivity contribution in [2.45, 2.75) is 50.7 Å². The minimum absolute atomic E-state index is 0.0445. The van der Waals surface area contributed by atoms with E-state index in [2.05, 4.69) is 11.1 Å². The predicted molar refractivity (Wildman–Crippen MR) is 98.4 cm³/mol. The molecule has 4 aliphatic carbocycles. The van der Waals surface area contributed by atoms with E-state index in [0.29, 0.717) is 0 Å². The third-order valence-electron chi connectivity index (χ3n) is 7.08. The second kappa shape index (κ2) is 5.85. The van der Waals surface area contributed by atoms with E-state index in [-0.39, 0.29) is 11.5 Å². The van der Waals surface area contributed by atoms with Gasteiger partial charge in [0.15, 0.2) is 0 Å². The Morgan fingerprint density at radius 2 is 1.72 bits per heavy atom. The van der Waals surface area contributed by atoms with E-state index in [9.17, 15) is 5.11 Å². The lowest BCUT2D eigenvalue weighted by Gasteiger charge is -2.59. The molecule has 132 valence electrons. The maximum absolute atomic E-state index is 11.7. The van der Waals surface area contributed by atoms with Gasteiger partial charge in [0.05, 0.1) is 18.5 Å². The number of aromatic nitrogens is 2. The number of benzene rings is 1. The molecule has 0 radical (unpaired) electrons. The van der Waals surface area contributed by atoms with Crippen LogP contribution in [-0.4, -0.2) is 20.8 Å². The topological polar surface area (TPSA) is 38.0 Å². The highest BCUT2D eigenvalue weighted by Crippen LogP contribution is 2.62. The van der Waals surface area contributed by atoms with Gasteiger partial charge in [-0.2, -0.15) is 0 Å². The molecule has 6 rings (SSSR count). The van der Waals surface area contributed by atoms with E-state index in [1.807, 2.05) is 35.3 Å². The SMILES string of the molecule is OC(C(c1ccccc1Cl)n1ccnc1)C12CC3CC(CC(C3)C1)C2. The monoisotopic (exact) mass is 356 g/mol. The average Bonchev–Trinajstić information content (AvgIpc) is 3.10. The standard InChI is InChI=1S/C21H25ClN2O/c22-18-4-2-1-3-17(18)19(24-6-5-23-13-24)20(25)21-10-14-7-15(11-21)9-16(8-14)12-21/h1-6,13-16,19-20,25H,7-12H2. The fourth-order valence-electron chi connectivity index (χ4n) is 6.52. The molecule has 0 aliphatic heterocycles. The Morgan fingerprint density at radius 1 is 1.08 bits per heavy atom. The molecule has 1 aromatic heterocycles. The fraction of sp³-hybridized carbons (Fsp3) is 0.571. The Kier molecular flexibility index (Phi) is 3.72. The van der Waals surface area contributed by atoms with Crippen molar-refractivity contribution in [1.82, 2.24) is 9.55 Å². The average molecular weight is 357 g/mol. The zero-order valence-electron chi connectivity index (χ0n) is 14.4. The van der Waals surface area contributed by atoms with E-state index < -0.39 is 6.10 Å². The van der Waals surface area contributed by atoms with Gasteiger partial charge in [0.2, 0.25) is 0 Å². The Labute approximate surface area is 154 Å². The molecule has 3 nitrogen and oxygen atoms in total. The maximum Gasteiger partial charge on any atom is 0.0952 e.